The average Bonchev–Trinajstić information content (AvgIpc) is 2.72. The molecule has 0 amide bonds. The highest BCUT2D eigenvalue weighted by Crippen LogP contribution is 2.27. The van der Waals surface area contributed by atoms with Crippen molar-refractivity contribution in [3.63, 3.8) is 0 Å². The Morgan fingerprint density at radius 1 is 1.33 bits per heavy atom. The molecule has 1 saturated heterocycles. The first-order chi connectivity index (χ1) is 8.26. The lowest BCUT2D eigenvalue weighted by Crippen LogP contribution is -2.38. The van der Waals surface area contributed by atoms with Crippen molar-refractivity contribution in [2.75, 3.05) is 18.8 Å². The summed E-state index contributed by atoms with van der Waals surface area (Å²) in [5, 5.41) is 0. The predicted octanol–water partition coefficient (Wildman–Crippen LogP) is 1.96. The van der Waals surface area contributed by atoms with Crippen LogP contribution in [-0.4, -0.2) is 37.6 Å². The Balaban J connectivity index is 2.60. The predicted molar refractivity (Wildman–Crippen MR) is 75.9 cm³/mol. The molecule has 2 N–H and O–H groups in total. The zero-order chi connectivity index (χ0) is 13.8. The number of rotatable bonds is 6. The summed E-state index contributed by atoms with van der Waals surface area (Å²) < 4.78 is 26.4. The van der Waals surface area contributed by atoms with Gasteiger partial charge in [-0.3, -0.25) is 0 Å². The molecule has 0 bridgehead atoms. The van der Waals surface area contributed by atoms with Crippen LogP contribution in [0.4, 0.5) is 0 Å². The van der Waals surface area contributed by atoms with Crippen LogP contribution in [-0.2, 0) is 10.0 Å². The van der Waals surface area contributed by atoms with E-state index in [-0.39, 0.29) is 17.2 Å². The highest BCUT2D eigenvalue weighted by molar-refractivity contribution is 7.89. The highest BCUT2D eigenvalue weighted by atomic mass is 32.2. The van der Waals surface area contributed by atoms with Crippen LogP contribution in [0, 0.1) is 5.41 Å². The van der Waals surface area contributed by atoms with E-state index in [2.05, 4.69) is 20.8 Å². The molecule has 1 rings (SSSR count). The van der Waals surface area contributed by atoms with E-state index in [0.717, 1.165) is 32.1 Å². The van der Waals surface area contributed by atoms with E-state index in [1.165, 1.54) is 0 Å². The summed E-state index contributed by atoms with van der Waals surface area (Å²) in [5.41, 5.74) is 5.58. The van der Waals surface area contributed by atoms with Crippen molar-refractivity contribution in [1.82, 2.24) is 4.31 Å². The van der Waals surface area contributed by atoms with Crippen molar-refractivity contribution < 1.29 is 8.42 Å². The Labute approximate surface area is 112 Å². The van der Waals surface area contributed by atoms with Crippen LogP contribution >= 0.6 is 0 Å². The van der Waals surface area contributed by atoms with Crippen molar-refractivity contribution in [1.29, 1.82) is 0 Å². The van der Waals surface area contributed by atoms with Gasteiger partial charge in [-0.25, -0.2) is 8.42 Å². The van der Waals surface area contributed by atoms with Crippen LogP contribution < -0.4 is 5.73 Å². The first-order valence-electron chi connectivity index (χ1n) is 6.96. The van der Waals surface area contributed by atoms with E-state index >= 15 is 0 Å². The van der Waals surface area contributed by atoms with Crippen LogP contribution in [0.15, 0.2) is 0 Å². The molecule has 18 heavy (non-hydrogen) atoms. The molecular formula is C13H28N2O2S. The Morgan fingerprint density at radius 2 is 2.00 bits per heavy atom. The Morgan fingerprint density at radius 3 is 2.56 bits per heavy atom. The summed E-state index contributed by atoms with van der Waals surface area (Å²) in [7, 11) is -3.08. The quantitative estimate of drug-likeness (QED) is 0.806. The zero-order valence-corrected chi connectivity index (χ0v) is 12.8. The van der Waals surface area contributed by atoms with Gasteiger partial charge in [-0.1, -0.05) is 20.8 Å². The first kappa shape index (κ1) is 15.9. The fourth-order valence-electron chi connectivity index (χ4n) is 2.37. The van der Waals surface area contributed by atoms with Gasteiger partial charge >= 0.3 is 0 Å². The van der Waals surface area contributed by atoms with Crippen molar-refractivity contribution >= 4 is 10.0 Å². The number of hydrogen-bond donors (Lipinski definition) is 1. The van der Waals surface area contributed by atoms with Gasteiger partial charge in [0.1, 0.15) is 0 Å². The van der Waals surface area contributed by atoms with Crippen molar-refractivity contribution in [2.24, 2.45) is 11.1 Å². The highest BCUT2D eigenvalue weighted by Gasteiger charge is 2.33. The molecule has 108 valence electrons. The second-order valence-corrected chi connectivity index (χ2v) is 8.51. The number of nitrogens with two attached hydrogens (primary N) is 1. The molecule has 0 aromatic carbocycles. The molecule has 0 radical (unpaired) electrons. The molecule has 0 aromatic heterocycles. The van der Waals surface area contributed by atoms with Crippen LogP contribution in [0.1, 0.15) is 52.9 Å². The fourth-order valence-corrected chi connectivity index (χ4v) is 4.55. The fraction of sp³-hybridized carbons (Fsp3) is 1.00. The lowest BCUT2D eigenvalue weighted by Gasteiger charge is -2.26. The molecule has 1 aliphatic rings. The maximum atomic E-state index is 12.3. The number of nitrogens with zero attached hydrogens (tertiary/aromatic N) is 1. The van der Waals surface area contributed by atoms with Crippen LogP contribution in [0.2, 0.25) is 0 Å². The summed E-state index contributed by atoms with van der Waals surface area (Å²) >= 11 is 0. The van der Waals surface area contributed by atoms with E-state index < -0.39 is 10.0 Å². The summed E-state index contributed by atoms with van der Waals surface area (Å²) in [6, 6.07) is 0.193. The Hall–Kier alpha value is -0.130. The normalized spacial score (nSPS) is 22.6. The molecule has 0 aromatic rings. The van der Waals surface area contributed by atoms with Crippen LogP contribution in [0.25, 0.3) is 0 Å². The second-order valence-electron chi connectivity index (χ2n) is 6.46. The van der Waals surface area contributed by atoms with E-state index in [9.17, 15) is 8.42 Å². The standard InChI is InChI=1S/C13H28N2O2S/c1-13(2,3)8-11-18(16,17)15-10-5-7-12(15)6-4-9-14/h12H,4-11,14H2,1-3H3. The van der Waals surface area contributed by atoms with Crippen molar-refractivity contribution in [3.05, 3.63) is 0 Å². The van der Waals surface area contributed by atoms with Gasteiger partial charge in [-0.05, 0) is 44.1 Å². The van der Waals surface area contributed by atoms with Crippen LogP contribution in [0.5, 0.6) is 0 Å². The SMILES string of the molecule is CC(C)(C)CCS(=O)(=O)N1CCCC1CCCN. The van der Waals surface area contributed by atoms with E-state index in [1.54, 1.807) is 4.31 Å². The molecule has 1 fully saturated rings. The molecule has 1 atom stereocenters. The van der Waals surface area contributed by atoms with Gasteiger partial charge in [0, 0.05) is 12.6 Å². The first-order valence-corrected chi connectivity index (χ1v) is 8.57. The average molecular weight is 276 g/mol. The minimum Gasteiger partial charge on any atom is -0.330 e. The molecular weight excluding hydrogens is 248 g/mol. The van der Waals surface area contributed by atoms with Crippen molar-refractivity contribution in [2.45, 2.75) is 58.9 Å². The van der Waals surface area contributed by atoms with E-state index in [1.807, 2.05) is 0 Å². The molecule has 0 saturated carbocycles. The number of hydrogen-bond acceptors (Lipinski definition) is 3. The summed E-state index contributed by atoms with van der Waals surface area (Å²) in [6.07, 6.45) is 4.52. The minimum atomic E-state index is -3.08. The third-order valence-corrected chi connectivity index (χ3v) is 5.45. The van der Waals surface area contributed by atoms with Crippen LogP contribution in [0.3, 0.4) is 0 Å². The topological polar surface area (TPSA) is 63.4 Å². The van der Waals surface area contributed by atoms with Gasteiger partial charge in [-0.15, -0.1) is 0 Å². The summed E-state index contributed by atoms with van der Waals surface area (Å²) in [4.78, 5) is 0. The zero-order valence-electron chi connectivity index (χ0n) is 12.0. The number of sulfonamides is 1. The Bertz CT molecular complexity index is 346. The van der Waals surface area contributed by atoms with Gasteiger partial charge < -0.3 is 5.73 Å². The maximum Gasteiger partial charge on any atom is 0.214 e. The molecule has 4 nitrogen and oxygen atoms in total. The molecule has 1 unspecified atom stereocenters. The largest absolute Gasteiger partial charge is 0.330 e. The third kappa shape index (κ3) is 4.86. The minimum absolute atomic E-state index is 0.0690. The molecule has 0 spiro atoms. The van der Waals surface area contributed by atoms with Crippen molar-refractivity contribution in [3.8, 4) is 0 Å². The third-order valence-electron chi connectivity index (χ3n) is 3.53. The smallest absolute Gasteiger partial charge is 0.214 e. The van der Waals surface area contributed by atoms with Gasteiger partial charge in [0.15, 0.2) is 0 Å². The molecule has 1 heterocycles. The van der Waals surface area contributed by atoms with E-state index in [0.29, 0.717) is 13.1 Å². The lowest BCUT2D eigenvalue weighted by molar-refractivity contribution is 0.353. The summed E-state index contributed by atoms with van der Waals surface area (Å²) in [6.45, 7) is 7.59. The van der Waals surface area contributed by atoms with Gasteiger partial charge in [0.25, 0.3) is 0 Å². The molecule has 1 aliphatic heterocycles. The Kier molecular flexibility index (Phi) is 5.62. The van der Waals surface area contributed by atoms with Gasteiger partial charge in [0.2, 0.25) is 10.0 Å². The van der Waals surface area contributed by atoms with Gasteiger partial charge in [-0.2, -0.15) is 4.31 Å². The monoisotopic (exact) mass is 276 g/mol. The second kappa shape index (κ2) is 6.35. The van der Waals surface area contributed by atoms with E-state index in [4.69, 9.17) is 5.73 Å². The lowest BCUT2D eigenvalue weighted by atomic mass is 9.94. The molecule has 0 aliphatic carbocycles. The molecule has 5 heteroatoms. The maximum absolute atomic E-state index is 12.3. The summed E-state index contributed by atoms with van der Waals surface area (Å²) in [5.74, 6) is 0.273. The van der Waals surface area contributed by atoms with Gasteiger partial charge in [0.05, 0.1) is 5.75 Å².